The Morgan fingerprint density at radius 3 is 2.47 bits per heavy atom. The quantitative estimate of drug-likeness (QED) is 0.504. The lowest BCUT2D eigenvalue weighted by Crippen LogP contribution is -2.36. The van der Waals surface area contributed by atoms with Crippen molar-refractivity contribution in [3.63, 3.8) is 0 Å². The first kappa shape index (κ1) is 22.6. The number of aromatic nitrogens is 2. The molecule has 0 atom stereocenters. The van der Waals surface area contributed by atoms with Gasteiger partial charge < -0.3 is 20.1 Å². The predicted octanol–water partition coefficient (Wildman–Crippen LogP) is 0.955. The van der Waals surface area contributed by atoms with Crippen LogP contribution in [0.5, 0.6) is 5.75 Å². The van der Waals surface area contributed by atoms with Gasteiger partial charge in [-0.25, -0.2) is 4.79 Å². The van der Waals surface area contributed by atoms with Gasteiger partial charge in [0.2, 0.25) is 5.91 Å². The zero-order valence-corrected chi connectivity index (χ0v) is 18.0. The zero-order chi connectivity index (χ0) is 23.3. The van der Waals surface area contributed by atoms with Gasteiger partial charge in [-0.15, -0.1) is 0 Å². The van der Waals surface area contributed by atoms with Crippen LogP contribution >= 0.6 is 0 Å². The molecule has 2 aromatic carbocycles. The van der Waals surface area contributed by atoms with Crippen molar-refractivity contribution in [3.8, 4) is 5.75 Å². The highest BCUT2D eigenvalue weighted by atomic mass is 16.5. The van der Waals surface area contributed by atoms with Gasteiger partial charge in [-0.1, -0.05) is 18.2 Å². The van der Waals surface area contributed by atoms with Gasteiger partial charge >= 0.3 is 11.7 Å². The lowest BCUT2D eigenvalue weighted by Gasteiger charge is -2.11. The maximum atomic E-state index is 12.3. The molecule has 0 aliphatic rings. The van der Waals surface area contributed by atoms with Gasteiger partial charge in [-0.3, -0.25) is 23.5 Å². The molecule has 32 heavy (non-hydrogen) atoms. The summed E-state index contributed by atoms with van der Waals surface area (Å²) in [6.07, 6.45) is 0. The third-order valence-corrected chi connectivity index (χ3v) is 4.78. The van der Waals surface area contributed by atoms with Crippen molar-refractivity contribution in [1.82, 2.24) is 14.5 Å². The molecule has 0 bridgehead atoms. The van der Waals surface area contributed by atoms with Crippen LogP contribution in [0, 0.1) is 6.92 Å². The number of nitrogens with zero attached hydrogens (tertiary/aromatic N) is 2. The number of nitrogens with one attached hydrogen (secondary N) is 2. The molecule has 0 unspecified atom stereocenters. The monoisotopic (exact) mass is 440 g/mol. The number of imidazole rings is 1. The Labute approximate surface area is 183 Å². The van der Waals surface area contributed by atoms with E-state index in [0.29, 0.717) is 22.5 Å². The summed E-state index contributed by atoms with van der Waals surface area (Å²) in [7, 11) is 3.10. The zero-order valence-electron chi connectivity index (χ0n) is 18.0. The molecule has 10 heteroatoms. The number of rotatable bonds is 8. The molecule has 168 valence electrons. The summed E-state index contributed by atoms with van der Waals surface area (Å²) < 4.78 is 12.8. The van der Waals surface area contributed by atoms with Crippen molar-refractivity contribution in [2.75, 3.05) is 25.6 Å². The first-order valence-corrected chi connectivity index (χ1v) is 9.81. The molecule has 2 amide bonds. The molecule has 1 heterocycles. The highest BCUT2D eigenvalue weighted by Gasteiger charge is 2.15. The van der Waals surface area contributed by atoms with Gasteiger partial charge in [0.25, 0.3) is 5.91 Å². The molecule has 3 aromatic rings. The van der Waals surface area contributed by atoms with E-state index in [1.165, 1.54) is 16.2 Å². The van der Waals surface area contributed by atoms with Crippen molar-refractivity contribution in [1.29, 1.82) is 0 Å². The number of amides is 2. The highest BCUT2D eigenvalue weighted by Crippen LogP contribution is 2.24. The molecule has 0 radical (unpaired) electrons. The van der Waals surface area contributed by atoms with Gasteiger partial charge in [0, 0.05) is 7.05 Å². The largest absolute Gasteiger partial charge is 0.495 e. The molecule has 0 saturated carbocycles. The Morgan fingerprint density at radius 2 is 1.75 bits per heavy atom. The number of carbonyl (C=O) groups excluding carboxylic acids is 3. The second-order valence-electron chi connectivity index (χ2n) is 7.11. The van der Waals surface area contributed by atoms with Crippen LogP contribution in [0.1, 0.15) is 5.56 Å². The Kier molecular flexibility index (Phi) is 6.93. The molecule has 0 saturated heterocycles. The van der Waals surface area contributed by atoms with E-state index in [9.17, 15) is 19.2 Å². The van der Waals surface area contributed by atoms with Crippen LogP contribution in [0.2, 0.25) is 0 Å². The third kappa shape index (κ3) is 5.15. The van der Waals surface area contributed by atoms with Crippen LogP contribution in [0.4, 0.5) is 5.69 Å². The highest BCUT2D eigenvalue weighted by molar-refractivity contribution is 5.96. The summed E-state index contributed by atoms with van der Waals surface area (Å²) in [6.45, 7) is 0.661. The summed E-state index contributed by atoms with van der Waals surface area (Å²) >= 11 is 0. The summed E-state index contributed by atoms with van der Waals surface area (Å²) in [6, 6.07) is 12.4. The van der Waals surface area contributed by atoms with Gasteiger partial charge in [0.15, 0.2) is 6.61 Å². The van der Waals surface area contributed by atoms with E-state index in [1.54, 1.807) is 43.4 Å². The number of para-hydroxylation sites is 2. The average Bonchev–Trinajstić information content (AvgIpc) is 3.01. The molecule has 0 aliphatic heterocycles. The molecule has 0 spiro atoms. The van der Waals surface area contributed by atoms with Crippen LogP contribution in [0.25, 0.3) is 11.0 Å². The molecule has 0 fully saturated rings. The predicted molar refractivity (Wildman–Crippen MR) is 118 cm³/mol. The van der Waals surface area contributed by atoms with E-state index >= 15 is 0 Å². The van der Waals surface area contributed by atoms with Crippen LogP contribution in [-0.4, -0.2) is 47.2 Å². The van der Waals surface area contributed by atoms with E-state index in [1.807, 2.05) is 13.0 Å². The molecule has 2 N–H and O–H groups in total. The van der Waals surface area contributed by atoms with Gasteiger partial charge in [0.05, 0.1) is 30.4 Å². The second-order valence-corrected chi connectivity index (χ2v) is 7.11. The van der Waals surface area contributed by atoms with Crippen LogP contribution in [-0.2, 0) is 32.7 Å². The van der Waals surface area contributed by atoms with E-state index < -0.39 is 24.4 Å². The summed E-state index contributed by atoms with van der Waals surface area (Å²) in [5.41, 5.74) is 2.32. The van der Waals surface area contributed by atoms with Gasteiger partial charge in [-0.2, -0.15) is 0 Å². The Bertz CT molecular complexity index is 1230. The minimum absolute atomic E-state index is 0.309. The van der Waals surface area contributed by atoms with Crippen molar-refractivity contribution >= 4 is 34.5 Å². The van der Waals surface area contributed by atoms with Crippen LogP contribution in [0.3, 0.4) is 0 Å². The fourth-order valence-electron chi connectivity index (χ4n) is 3.18. The number of carbonyl (C=O) groups is 3. The van der Waals surface area contributed by atoms with Crippen molar-refractivity contribution < 1.29 is 23.9 Å². The molecular weight excluding hydrogens is 416 g/mol. The molecule has 1 aromatic heterocycles. The van der Waals surface area contributed by atoms with Crippen LogP contribution < -0.4 is 21.1 Å². The number of hydrogen-bond donors (Lipinski definition) is 2. The lowest BCUT2D eigenvalue weighted by atomic mass is 10.2. The van der Waals surface area contributed by atoms with E-state index in [2.05, 4.69) is 10.6 Å². The number of fused-ring (bicyclic) bond motifs is 1. The van der Waals surface area contributed by atoms with Crippen molar-refractivity contribution in [2.45, 2.75) is 13.5 Å². The standard InChI is InChI=1S/C22H24N4O6/c1-14-8-9-18(31-3)15(10-14)24-19(27)11-23-20(28)13-32-21(29)12-26-17-7-5-4-6-16(17)25(2)22(26)30/h4-10H,11-13H2,1-3H3,(H,23,28)(H,24,27). The average molecular weight is 440 g/mol. The smallest absolute Gasteiger partial charge is 0.329 e. The number of aryl methyl sites for hydroxylation is 2. The minimum atomic E-state index is -0.743. The summed E-state index contributed by atoms with van der Waals surface area (Å²) in [5.74, 6) is -1.36. The van der Waals surface area contributed by atoms with Gasteiger partial charge in [0.1, 0.15) is 12.3 Å². The fraction of sp³-hybridized carbons (Fsp3) is 0.273. The Morgan fingerprint density at radius 1 is 1.03 bits per heavy atom. The molecule has 0 aliphatic carbocycles. The number of benzene rings is 2. The maximum absolute atomic E-state index is 12.3. The van der Waals surface area contributed by atoms with Crippen molar-refractivity contribution in [3.05, 3.63) is 58.5 Å². The topological polar surface area (TPSA) is 121 Å². The maximum Gasteiger partial charge on any atom is 0.329 e. The SMILES string of the molecule is COc1ccc(C)cc1NC(=O)CNC(=O)COC(=O)Cn1c(=O)n(C)c2ccccc21. The molecule has 10 nitrogen and oxygen atoms in total. The van der Waals surface area contributed by atoms with E-state index in [4.69, 9.17) is 9.47 Å². The Hall–Kier alpha value is -4.08. The molecule has 3 rings (SSSR count). The van der Waals surface area contributed by atoms with E-state index in [0.717, 1.165) is 5.56 Å². The number of hydrogen-bond acceptors (Lipinski definition) is 6. The summed E-state index contributed by atoms with van der Waals surface area (Å²) in [5, 5.41) is 5.03. The van der Waals surface area contributed by atoms with Gasteiger partial charge in [-0.05, 0) is 36.8 Å². The van der Waals surface area contributed by atoms with E-state index in [-0.39, 0.29) is 18.8 Å². The van der Waals surface area contributed by atoms with Crippen molar-refractivity contribution in [2.24, 2.45) is 7.05 Å². The fourth-order valence-corrected chi connectivity index (χ4v) is 3.18. The Balaban J connectivity index is 1.49. The lowest BCUT2D eigenvalue weighted by molar-refractivity contribution is -0.149. The second kappa shape index (κ2) is 9.82. The normalized spacial score (nSPS) is 10.6. The number of methoxy groups -OCH3 is 1. The van der Waals surface area contributed by atoms with Crippen LogP contribution in [0.15, 0.2) is 47.3 Å². The number of anilines is 1. The third-order valence-electron chi connectivity index (χ3n) is 4.78. The number of esters is 1. The summed E-state index contributed by atoms with van der Waals surface area (Å²) in [4.78, 5) is 48.5. The number of ether oxygens (including phenoxy) is 2. The molecular formula is C22H24N4O6. The first-order valence-electron chi connectivity index (χ1n) is 9.81. The first-order chi connectivity index (χ1) is 15.3. The minimum Gasteiger partial charge on any atom is -0.495 e.